The summed E-state index contributed by atoms with van der Waals surface area (Å²) in [5, 5.41) is 0.0533. The lowest BCUT2D eigenvalue weighted by molar-refractivity contribution is -0.274. The second-order valence-electron chi connectivity index (χ2n) is 7.56. The van der Waals surface area contributed by atoms with Crippen LogP contribution in [0.15, 0.2) is 73.8 Å². The molecule has 3 aromatic carbocycles. The van der Waals surface area contributed by atoms with E-state index >= 15 is 0 Å². The van der Waals surface area contributed by atoms with E-state index in [-0.39, 0.29) is 37.0 Å². The van der Waals surface area contributed by atoms with Crippen molar-refractivity contribution in [2.75, 3.05) is 0 Å². The Morgan fingerprint density at radius 2 is 1.34 bits per heavy atom. The van der Waals surface area contributed by atoms with Crippen molar-refractivity contribution in [1.29, 1.82) is 0 Å². The average molecular weight is 552 g/mol. The van der Waals surface area contributed by atoms with Crippen LogP contribution in [0, 0.1) is 0 Å². The average Bonchev–Trinajstić information content (AvgIpc) is 3.22. The van der Waals surface area contributed by atoms with Crippen molar-refractivity contribution in [2.24, 2.45) is 0 Å². The zero-order chi connectivity index (χ0) is 27.8. The molecule has 0 aliphatic heterocycles. The molecule has 0 spiro atoms. The molecule has 0 aliphatic carbocycles. The smallest absolute Gasteiger partial charge is 0.423 e. The van der Waals surface area contributed by atoms with Gasteiger partial charge in [-0.2, -0.15) is 13.2 Å². The Bertz CT molecular complexity index is 1580. The molecule has 0 N–H and O–H groups in total. The van der Waals surface area contributed by atoms with Crippen LogP contribution in [0.1, 0.15) is 5.56 Å². The van der Waals surface area contributed by atoms with E-state index in [0.717, 1.165) is 12.1 Å². The first-order chi connectivity index (χ1) is 17.8. The second kappa shape index (κ2) is 9.86. The van der Waals surface area contributed by atoms with Crippen LogP contribution in [0.5, 0.6) is 17.2 Å². The van der Waals surface area contributed by atoms with E-state index in [1.165, 1.54) is 42.5 Å². The van der Waals surface area contributed by atoms with Gasteiger partial charge >= 0.3 is 24.5 Å². The fraction of sp³-hybridized carbons (Fsp3) is 0.0769. The molecule has 38 heavy (non-hydrogen) atoms. The van der Waals surface area contributed by atoms with E-state index in [1.807, 2.05) is 0 Å². The van der Waals surface area contributed by atoms with E-state index in [1.54, 1.807) is 0 Å². The van der Waals surface area contributed by atoms with E-state index in [2.05, 4.69) is 17.9 Å². The largest absolute Gasteiger partial charge is 0.573 e. The summed E-state index contributed by atoms with van der Waals surface area (Å²) in [6, 6.07) is 9.98. The number of alkyl halides is 6. The summed E-state index contributed by atoms with van der Waals surface area (Å²) in [5.41, 5.74) is -1.23. The van der Waals surface area contributed by atoms with Gasteiger partial charge in [-0.15, -0.1) is 24.5 Å². The van der Waals surface area contributed by atoms with Gasteiger partial charge in [-0.3, -0.25) is 0 Å². The summed E-state index contributed by atoms with van der Waals surface area (Å²) in [7, 11) is 0. The fourth-order valence-electron chi connectivity index (χ4n) is 3.69. The second-order valence-corrected chi connectivity index (χ2v) is 8.58. The summed E-state index contributed by atoms with van der Waals surface area (Å²) in [6.07, 6.45) is -8.50. The Labute approximate surface area is 214 Å². The van der Waals surface area contributed by atoms with Crippen molar-refractivity contribution in [2.45, 2.75) is 12.5 Å². The molecular weight excluding hydrogens is 538 g/mol. The topological polar surface area (TPSA) is 61.8 Å². The zero-order valence-electron chi connectivity index (χ0n) is 18.9. The van der Waals surface area contributed by atoms with Crippen molar-refractivity contribution in [3.63, 3.8) is 0 Å². The Kier molecular flexibility index (Phi) is 6.94. The highest BCUT2D eigenvalue weighted by Crippen LogP contribution is 2.51. The molecule has 4 aromatic rings. The van der Waals surface area contributed by atoms with Gasteiger partial charge in [0, 0.05) is 27.6 Å². The van der Waals surface area contributed by atoms with Crippen molar-refractivity contribution < 1.29 is 50.1 Å². The number of esters is 2. The van der Waals surface area contributed by atoms with Crippen molar-refractivity contribution in [1.82, 2.24) is 0 Å². The number of rotatable bonds is 6. The van der Waals surface area contributed by atoms with Crippen LogP contribution >= 0.6 is 11.3 Å². The lowest BCUT2D eigenvalue weighted by Crippen LogP contribution is -2.18. The van der Waals surface area contributed by atoms with Crippen LogP contribution in [-0.4, -0.2) is 18.3 Å². The number of carbonyl (C=O) groups is 2. The van der Waals surface area contributed by atoms with Gasteiger partial charge in [-0.25, -0.2) is 9.59 Å². The maximum absolute atomic E-state index is 14.4. The van der Waals surface area contributed by atoms with E-state index < -0.39 is 41.5 Å². The molecule has 1 heterocycles. The van der Waals surface area contributed by atoms with Crippen LogP contribution in [-0.2, 0) is 15.8 Å². The maximum Gasteiger partial charge on any atom is 0.573 e. The lowest BCUT2D eigenvalue weighted by Gasteiger charge is -2.14. The van der Waals surface area contributed by atoms with Gasteiger partial charge in [0.1, 0.15) is 5.75 Å². The Hall–Kier alpha value is -4.32. The molecule has 12 heteroatoms. The Morgan fingerprint density at radius 1 is 0.763 bits per heavy atom. The highest BCUT2D eigenvalue weighted by molar-refractivity contribution is 7.26. The van der Waals surface area contributed by atoms with Gasteiger partial charge in [0.25, 0.3) is 0 Å². The van der Waals surface area contributed by atoms with Crippen LogP contribution in [0.25, 0.3) is 31.3 Å². The molecule has 0 unspecified atom stereocenters. The Balaban J connectivity index is 1.96. The van der Waals surface area contributed by atoms with Gasteiger partial charge in [0.05, 0.1) is 10.3 Å². The Morgan fingerprint density at radius 3 is 1.92 bits per heavy atom. The fourth-order valence-corrected chi connectivity index (χ4v) is 5.03. The first-order valence-electron chi connectivity index (χ1n) is 10.5. The molecule has 0 atom stereocenters. The highest BCUT2D eigenvalue weighted by Gasteiger charge is 2.38. The van der Waals surface area contributed by atoms with Crippen molar-refractivity contribution in [3.8, 4) is 28.4 Å². The number of ether oxygens (including phenoxy) is 3. The minimum Gasteiger partial charge on any atom is -0.423 e. The first kappa shape index (κ1) is 26.7. The summed E-state index contributed by atoms with van der Waals surface area (Å²) in [4.78, 5) is 23.0. The first-order valence-corrected chi connectivity index (χ1v) is 11.3. The molecule has 0 saturated heterocycles. The summed E-state index contributed by atoms with van der Waals surface area (Å²) >= 11 is 0.412. The number of benzene rings is 3. The molecular formula is C26H14F6O5S. The van der Waals surface area contributed by atoms with E-state index in [0.29, 0.717) is 17.4 Å². The predicted molar refractivity (Wildman–Crippen MR) is 128 cm³/mol. The van der Waals surface area contributed by atoms with Crippen LogP contribution in [0.2, 0.25) is 0 Å². The minimum absolute atomic E-state index is 0.0197. The number of thiophene rings is 1. The molecule has 0 aliphatic rings. The van der Waals surface area contributed by atoms with E-state index in [9.17, 15) is 35.9 Å². The minimum atomic E-state index is -5.23. The molecule has 5 nitrogen and oxygen atoms in total. The number of hydrogen-bond acceptors (Lipinski definition) is 6. The highest BCUT2D eigenvalue weighted by atomic mass is 32.1. The molecule has 4 rings (SSSR count). The van der Waals surface area contributed by atoms with Gasteiger partial charge in [0.15, 0.2) is 11.5 Å². The van der Waals surface area contributed by atoms with Crippen molar-refractivity contribution >= 4 is 43.4 Å². The lowest BCUT2D eigenvalue weighted by atomic mass is 9.97. The van der Waals surface area contributed by atoms with Gasteiger partial charge < -0.3 is 14.2 Å². The summed E-state index contributed by atoms with van der Waals surface area (Å²) in [5.74, 6) is -3.35. The maximum atomic E-state index is 14.4. The molecule has 0 bridgehead atoms. The normalized spacial score (nSPS) is 11.8. The predicted octanol–water partition coefficient (Wildman–Crippen LogP) is 7.82. The summed E-state index contributed by atoms with van der Waals surface area (Å²) < 4.78 is 96.0. The van der Waals surface area contributed by atoms with Crippen LogP contribution in [0.3, 0.4) is 0 Å². The number of hydrogen-bond donors (Lipinski definition) is 0. The molecule has 0 saturated carbocycles. The molecule has 196 valence electrons. The molecule has 0 fully saturated rings. The third-order valence-corrected chi connectivity index (χ3v) is 6.39. The standard InChI is InChI=1S/C26H14F6O5S/c1-3-19(33)35-14-7-5-13(6-8-14)15-9-10-16-17-11-12-18(36-20(34)4-2)22(37-26(30,31)32)24(17)38-23(16)21(15)25(27,28)29/h3-12H,1-2H2. The quantitative estimate of drug-likeness (QED) is 0.106. The molecule has 0 radical (unpaired) electrons. The third kappa shape index (κ3) is 5.35. The SMILES string of the molecule is C=CC(=O)Oc1ccc(-c2ccc3c(sc4c(OC(F)(F)F)c(OC(=O)C=C)ccc43)c2C(F)(F)F)cc1. The summed E-state index contributed by atoms with van der Waals surface area (Å²) in [6.45, 7) is 6.43. The van der Waals surface area contributed by atoms with Gasteiger partial charge in [0.2, 0.25) is 0 Å². The van der Waals surface area contributed by atoms with Gasteiger partial charge in [-0.05, 0) is 35.4 Å². The van der Waals surface area contributed by atoms with Crippen LogP contribution in [0.4, 0.5) is 26.3 Å². The monoisotopic (exact) mass is 552 g/mol. The van der Waals surface area contributed by atoms with Crippen molar-refractivity contribution in [3.05, 3.63) is 79.4 Å². The number of fused-ring (bicyclic) bond motifs is 3. The van der Waals surface area contributed by atoms with E-state index in [4.69, 9.17) is 9.47 Å². The van der Waals surface area contributed by atoms with Crippen LogP contribution < -0.4 is 14.2 Å². The van der Waals surface area contributed by atoms with Gasteiger partial charge in [-0.1, -0.05) is 37.4 Å². The molecule has 0 amide bonds. The number of carbonyl (C=O) groups excluding carboxylic acids is 2. The molecule has 1 aromatic heterocycles. The zero-order valence-corrected chi connectivity index (χ0v) is 19.7. The third-order valence-electron chi connectivity index (χ3n) is 5.16. The number of halogens is 6.